The van der Waals surface area contributed by atoms with Crippen LogP contribution in [0.1, 0.15) is 25.0 Å². The van der Waals surface area contributed by atoms with Gasteiger partial charge in [0.1, 0.15) is 0 Å². The van der Waals surface area contributed by atoms with Crippen LogP contribution in [0.3, 0.4) is 0 Å². The Morgan fingerprint density at radius 2 is 1.71 bits per heavy atom. The first-order valence-corrected chi connectivity index (χ1v) is 7.86. The fourth-order valence-corrected chi connectivity index (χ4v) is 2.62. The van der Waals surface area contributed by atoms with E-state index in [0.717, 1.165) is 5.56 Å². The minimum absolute atomic E-state index is 0.430. The maximum absolute atomic E-state index is 11.7. The maximum Gasteiger partial charge on any atom is 0.154 e. The summed E-state index contributed by atoms with van der Waals surface area (Å²) in [5, 5.41) is -0.430. The first-order valence-electron chi connectivity index (χ1n) is 5.54. The number of hydrogen-bond donors (Lipinski definition) is 0. The van der Waals surface area contributed by atoms with Gasteiger partial charge in [-0.2, -0.15) is 0 Å². The van der Waals surface area contributed by atoms with E-state index in [1.807, 2.05) is 31.2 Å². The van der Waals surface area contributed by atoms with Gasteiger partial charge in [-0.25, -0.2) is 8.42 Å². The average Bonchev–Trinajstić information content (AvgIpc) is 2.19. The van der Waals surface area contributed by atoms with Crippen LogP contribution >= 0.6 is 11.6 Å². The number of aryl methyl sites for hydroxylation is 1. The van der Waals surface area contributed by atoms with Gasteiger partial charge in [-0.1, -0.05) is 29.8 Å². The largest absolute Gasteiger partial charge is 0.229 e. The van der Waals surface area contributed by atoms with Gasteiger partial charge in [-0.15, -0.1) is 11.6 Å². The number of sulfone groups is 1. The Bertz CT molecular complexity index is 475. The number of rotatable bonds is 4. The van der Waals surface area contributed by atoms with Crippen molar-refractivity contribution < 1.29 is 8.42 Å². The van der Waals surface area contributed by atoms with Crippen LogP contribution in [0.4, 0.5) is 0 Å². The lowest BCUT2D eigenvalue weighted by molar-refractivity contribution is 0.536. The van der Waals surface area contributed by atoms with Crippen molar-refractivity contribution in [3.8, 4) is 0 Å². The molecule has 0 aliphatic rings. The molecule has 0 aliphatic carbocycles. The highest BCUT2D eigenvalue weighted by molar-refractivity contribution is 7.92. The summed E-state index contributed by atoms with van der Waals surface area (Å²) in [5.41, 5.74) is 2.24. The van der Waals surface area contributed by atoms with Gasteiger partial charge in [0.05, 0.1) is 10.1 Å². The molecular weight excluding hydrogens is 256 g/mol. The molecule has 1 aromatic rings. The highest BCUT2D eigenvalue weighted by atomic mass is 35.5. The summed E-state index contributed by atoms with van der Waals surface area (Å²) >= 11 is 6.25. The second kappa shape index (κ2) is 4.99. The molecule has 1 aromatic carbocycles. The number of halogens is 1. The van der Waals surface area contributed by atoms with Crippen LogP contribution in [-0.2, 0) is 16.3 Å². The molecule has 96 valence electrons. The molecule has 0 saturated heterocycles. The van der Waals surface area contributed by atoms with Crippen LogP contribution in [0.25, 0.3) is 0 Å². The Kier molecular flexibility index (Phi) is 4.26. The molecule has 0 bridgehead atoms. The zero-order valence-corrected chi connectivity index (χ0v) is 12.3. The summed E-state index contributed by atoms with van der Waals surface area (Å²) in [5.74, 6) is 0. The van der Waals surface area contributed by atoms with Crippen molar-refractivity contribution in [2.75, 3.05) is 6.26 Å². The first-order chi connectivity index (χ1) is 7.64. The molecule has 1 unspecified atom stereocenters. The van der Waals surface area contributed by atoms with Crippen molar-refractivity contribution >= 4 is 21.4 Å². The third-order valence-corrected chi connectivity index (χ3v) is 6.27. The lowest BCUT2D eigenvalue weighted by atomic mass is 10.0. The number of alkyl halides is 1. The molecule has 17 heavy (non-hydrogen) atoms. The Balaban J connectivity index is 2.86. The third-order valence-electron chi connectivity index (χ3n) is 3.25. The van der Waals surface area contributed by atoms with Gasteiger partial charge < -0.3 is 0 Å². The zero-order chi connectivity index (χ0) is 13.3. The molecule has 1 rings (SSSR count). The quantitative estimate of drug-likeness (QED) is 0.791. The van der Waals surface area contributed by atoms with E-state index in [9.17, 15) is 8.42 Å². The van der Waals surface area contributed by atoms with Crippen molar-refractivity contribution in [1.29, 1.82) is 0 Å². The molecular formula is C13H19ClO2S. The molecule has 0 fully saturated rings. The van der Waals surface area contributed by atoms with Gasteiger partial charge in [-0.3, -0.25) is 0 Å². The van der Waals surface area contributed by atoms with E-state index in [2.05, 4.69) is 0 Å². The average molecular weight is 275 g/mol. The summed E-state index contributed by atoms with van der Waals surface area (Å²) in [4.78, 5) is 0. The maximum atomic E-state index is 11.7. The van der Waals surface area contributed by atoms with E-state index in [1.54, 1.807) is 13.8 Å². The number of hydrogen-bond acceptors (Lipinski definition) is 2. The van der Waals surface area contributed by atoms with Crippen LogP contribution < -0.4 is 0 Å². The van der Waals surface area contributed by atoms with Crippen molar-refractivity contribution in [2.45, 2.75) is 37.3 Å². The fourth-order valence-electron chi connectivity index (χ4n) is 1.41. The van der Waals surface area contributed by atoms with Gasteiger partial charge in [0.2, 0.25) is 0 Å². The van der Waals surface area contributed by atoms with Crippen molar-refractivity contribution in [1.82, 2.24) is 0 Å². The molecule has 0 spiro atoms. The van der Waals surface area contributed by atoms with Gasteiger partial charge >= 0.3 is 0 Å². The fraction of sp³-hybridized carbons (Fsp3) is 0.538. The Morgan fingerprint density at radius 1 is 1.24 bits per heavy atom. The monoisotopic (exact) mass is 274 g/mol. The molecule has 0 aromatic heterocycles. The Morgan fingerprint density at radius 3 is 2.12 bits per heavy atom. The van der Waals surface area contributed by atoms with Crippen LogP contribution in [0, 0.1) is 6.92 Å². The Hall–Kier alpha value is -0.540. The predicted octanol–water partition coefficient (Wildman–Crippen LogP) is 2.97. The minimum atomic E-state index is -3.16. The van der Waals surface area contributed by atoms with Crippen LogP contribution in [-0.4, -0.2) is 24.8 Å². The van der Waals surface area contributed by atoms with Gasteiger partial charge in [0, 0.05) is 6.26 Å². The molecule has 0 amide bonds. The van der Waals surface area contributed by atoms with E-state index in [4.69, 9.17) is 11.6 Å². The summed E-state index contributed by atoms with van der Waals surface area (Å²) in [6.45, 7) is 5.37. The Labute approximate surface area is 109 Å². The highest BCUT2D eigenvalue weighted by Gasteiger charge is 2.37. The normalized spacial score (nSPS) is 14.6. The third kappa shape index (κ3) is 3.46. The SMILES string of the molecule is Cc1ccc(CC(Cl)C(C)(C)S(C)(=O)=O)cc1. The predicted molar refractivity (Wildman–Crippen MR) is 73.4 cm³/mol. The molecule has 1 atom stereocenters. The molecule has 4 heteroatoms. The van der Waals surface area contributed by atoms with E-state index in [-0.39, 0.29) is 0 Å². The summed E-state index contributed by atoms with van der Waals surface area (Å²) < 4.78 is 22.4. The van der Waals surface area contributed by atoms with Crippen molar-refractivity contribution in [3.63, 3.8) is 0 Å². The summed E-state index contributed by atoms with van der Waals surface area (Å²) in [6.07, 6.45) is 1.79. The summed E-state index contributed by atoms with van der Waals surface area (Å²) in [7, 11) is -3.16. The molecule has 0 heterocycles. The topological polar surface area (TPSA) is 34.1 Å². The van der Waals surface area contributed by atoms with E-state index in [0.29, 0.717) is 6.42 Å². The van der Waals surface area contributed by atoms with Gasteiger partial charge in [0.15, 0.2) is 9.84 Å². The van der Waals surface area contributed by atoms with Crippen molar-refractivity contribution in [2.24, 2.45) is 0 Å². The van der Waals surface area contributed by atoms with Gasteiger partial charge in [-0.05, 0) is 32.8 Å². The van der Waals surface area contributed by atoms with E-state index in [1.165, 1.54) is 11.8 Å². The number of benzene rings is 1. The van der Waals surface area contributed by atoms with Crippen LogP contribution in [0.5, 0.6) is 0 Å². The minimum Gasteiger partial charge on any atom is -0.229 e. The van der Waals surface area contributed by atoms with Crippen LogP contribution in [0.2, 0.25) is 0 Å². The summed E-state index contributed by atoms with van der Waals surface area (Å²) in [6, 6.07) is 7.99. The molecule has 2 nitrogen and oxygen atoms in total. The highest BCUT2D eigenvalue weighted by Crippen LogP contribution is 2.27. The van der Waals surface area contributed by atoms with Gasteiger partial charge in [0.25, 0.3) is 0 Å². The van der Waals surface area contributed by atoms with E-state index >= 15 is 0 Å². The zero-order valence-electron chi connectivity index (χ0n) is 10.7. The van der Waals surface area contributed by atoms with Crippen LogP contribution in [0.15, 0.2) is 24.3 Å². The standard InChI is InChI=1S/C13H19ClO2S/c1-10-5-7-11(8-6-10)9-12(14)13(2,3)17(4,15)16/h5-8,12H,9H2,1-4H3. The second-order valence-corrected chi connectivity index (χ2v) is 8.16. The lowest BCUT2D eigenvalue weighted by Crippen LogP contribution is -2.41. The second-order valence-electron chi connectivity index (χ2n) is 5.03. The molecule has 0 N–H and O–H groups in total. The van der Waals surface area contributed by atoms with E-state index < -0.39 is 20.0 Å². The smallest absolute Gasteiger partial charge is 0.154 e. The lowest BCUT2D eigenvalue weighted by Gasteiger charge is -2.28. The van der Waals surface area contributed by atoms with Crippen molar-refractivity contribution in [3.05, 3.63) is 35.4 Å². The first kappa shape index (κ1) is 14.5. The molecule has 0 aliphatic heterocycles. The molecule has 0 saturated carbocycles. The molecule has 0 radical (unpaired) electrons.